The molecule has 0 radical (unpaired) electrons. The maximum atomic E-state index is 6.09. The first-order valence-corrected chi connectivity index (χ1v) is 8.11. The van der Waals surface area contributed by atoms with E-state index in [4.69, 9.17) is 27.9 Å². The normalized spacial score (nSPS) is 20.6. The number of rotatable bonds is 7. The van der Waals surface area contributed by atoms with E-state index in [2.05, 4.69) is 12.1 Å². The van der Waals surface area contributed by atoms with E-state index < -0.39 is 0 Å². The van der Waals surface area contributed by atoms with E-state index in [9.17, 15) is 0 Å². The Morgan fingerprint density at radius 1 is 1.26 bits per heavy atom. The van der Waals surface area contributed by atoms with E-state index in [1.54, 1.807) is 0 Å². The van der Waals surface area contributed by atoms with Gasteiger partial charge in [-0.15, -0.1) is 11.6 Å². The SMILES string of the molecule is ClCC(CCCC1CCCO1)Cc1ccc(Cl)cc1. The van der Waals surface area contributed by atoms with Crippen molar-refractivity contribution in [2.75, 3.05) is 12.5 Å². The third kappa shape index (κ3) is 5.33. The van der Waals surface area contributed by atoms with Gasteiger partial charge in [-0.2, -0.15) is 0 Å². The predicted octanol–water partition coefficient (Wildman–Crippen LogP) is 5.09. The summed E-state index contributed by atoms with van der Waals surface area (Å²) in [6.07, 6.45) is 7.62. The molecule has 0 bridgehead atoms. The lowest BCUT2D eigenvalue weighted by molar-refractivity contribution is 0.101. The average Bonchev–Trinajstić information content (AvgIpc) is 2.93. The Balaban J connectivity index is 1.71. The summed E-state index contributed by atoms with van der Waals surface area (Å²) in [6, 6.07) is 8.10. The quantitative estimate of drug-likeness (QED) is 0.638. The maximum absolute atomic E-state index is 6.09. The van der Waals surface area contributed by atoms with Crippen LogP contribution < -0.4 is 0 Å². The minimum absolute atomic E-state index is 0.506. The maximum Gasteiger partial charge on any atom is 0.0576 e. The van der Waals surface area contributed by atoms with Gasteiger partial charge in [-0.25, -0.2) is 0 Å². The Hall–Kier alpha value is -0.240. The lowest BCUT2D eigenvalue weighted by atomic mass is 9.94. The van der Waals surface area contributed by atoms with Gasteiger partial charge in [-0.05, 0) is 55.7 Å². The van der Waals surface area contributed by atoms with Gasteiger partial charge in [0.05, 0.1) is 6.10 Å². The van der Waals surface area contributed by atoms with Crippen molar-refractivity contribution in [3.8, 4) is 0 Å². The third-order valence-electron chi connectivity index (χ3n) is 3.82. The third-order valence-corrected chi connectivity index (χ3v) is 4.51. The van der Waals surface area contributed by atoms with Crippen LogP contribution in [0.25, 0.3) is 0 Å². The van der Waals surface area contributed by atoms with Gasteiger partial charge >= 0.3 is 0 Å². The van der Waals surface area contributed by atoms with Gasteiger partial charge < -0.3 is 4.74 Å². The van der Waals surface area contributed by atoms with Crippen molar-refractivity contribution in [2.24, 2.45) is 5.92 Å². The molecule has 1 nitrogen and oxygen atoms in total. The van der Waals surface area contributed by atoms with Crippen LogP contribution in [0.1, 0.15) is 37.7 Å². The molecule has 3 heteroatoms. The Bertz CT molecular complexity index is 358. The van der Waals surface area contributed by atoms with Crippen LogP contribution in [0.3, 0.4) is 0 Å². The predicted molar refractivity (Wildman–Crippen MR) is 82.2 cm³/mol. The Kier molecular flexibility index (Phi) is 6.49. The molecular formula is C16H22Cl2O. The molecule has 1 aromatic rings. The van der Waals surface area contributed by atoms with Crippen molar-refractivity contribution in [2.45, 2.75) is 44.6 Å². The first kappa shape index (κ1) is 15.2. The first-order chi connectivity index (χ1) is 9.28. The average molecular weight is 301 g/mol. The summed E-state index contributed by atoms with van der Waals surface area (Å²) in [6.45, 7) is 0.953. The summed E-state index contributed by atoms with van der Waals surface area (Å²) in [5, 5.41) is 0.796. The molecule has 1 saturated heterocycles. The fraction of sp³-hybridized carbons (Fsp3) is 0.625. The fourth-order valence-corrected chi connectivity index (χ4v) is 3.08. The lowest BCUT2D eigenvalue weighted by Crippen LogP contribution is -2.09. The zero-order valence-corrected chi connectivity index (χ0v) is 12.8. The number of benzene rings is 1. The van der Waals surface area contributed by atoms with Crippen LogP contribution in [0.15, 0.2) is 24.3 Å². The van der Waals surface area contributed by atoms with Gasteiger partial charge in [0.15, 0.2) is 0 Å². The minimum Gasteiger partial charge on any atom is -0.378 e. The number of ether oxygens (including phenoxy) is 1. The topological polar surface area (TPSA) is 9.23 Å². The monoisotopic (exact) mass is 300 g/mol. The summed E-state index contributed by atoms with van der Waals surface area (Å²) >= 11 is 12.0. The molecule has 19 heavy (non-hydrogen) atoms. The molecule has 1 heterocycles. The summed E-state index contributed by atoms with van der Waals surface area (Å²) < 4.78 is 5.65. The largest absolute Gasteiger partial charge is 0.378 e. The van der Waals surface area contributed by atoms with E-state index in [-0.39, 0.29) is 0 Å². The number of hydrogen-bond donors (Lipinski definition) is 0. The standard InChI is InChI=1S/C16H22Cl2O/c17-12-14(3-1-4-16-5-2-10-19-16)11-13-6-8-15(18)9-7-13/h6-9,14,16H,1-5,10-12H2. The van der Waals surface area contributed by atoms with Crippen LogP contribution in [-0.2, 0) is 11.2 Å². The molecule has 0 amide bonds. The Morgan fingerprint density at radius 2 is 2.05 bits per heavy atom. The van der Waals surface area contributed by atoms with Crippen molar-refractivity contribution < 1.29 is 4.74 Å². The zero-order valence-electron chi connectivity index (χ0n) is 11.3. The molecule has 0 aliphatic carbocycles. The van der Waals surface area contributed by atoms with E-state index in [0.29, 0.717) is 12.0 Å². The lowest BCUT2D eigenvalue weighted by Gasteiger charge is -2.15. The van der Waals surface area contributed by atoms with Gasteiger partial charge in [0.2, 0.25) is 0 Å². The second-order valence-electron chi connectivity index (χ2n) is 5.42. The highest BCUT2D eigenvalue weighted by atomic mass is 35.5. The van der Waals surface area contributed by atoms with Crippen LogP contribution >= 0.6 is 23.2 Å². The highest BCUT2D eigenvalue weighted by molar-refractivity contribution is 6.30. The van der Waals surface area contributed by atoms with Crippen molar-refractivity contribution in [1.82, 2.24) is 0 Å². The van der Waals surface area contributed by atoms with Crippen molar-refractivity contribution in [1.29, 1.82) is 0 Å². The molecule has 0 N–H and O–H groups in total. The van der Waals surface area contributed by atoms with E-state index in [1.165, 1.54) is 37.7 Å². The number of halogens is 2. The van der Waals surface area contributed by atoms with Crippen molar-refractivity contribution in [3.05, 3.63) is 34.9 Å². The number of hydrogen-bond acceptors (Lipinski definition) is 1. The molecule has 0 spiro atoms. The highest BCUT2D eigenvalue weighted by Gasteiger charge is 2.16. The molecular weight excluding hydrogens is 279 g/mol. The molecule has 1 aromatic carbocycles. The zero-order chi connectivity index (χ0) is 13.5. The molecule has 2 rings (SSSR count). The van der Waals surface area contributed by atoms with E-state index in [0.717, 1.165) is 23.9 Å². The fourth-order valence-electron chi connectivity index (χ4n) is 2.69. The summed E-state index contributed by atoms with van der Waals surface area (Å²) in [5.74, 6) is 1.29. The van der Waals surface area contributed by atoms with Gasteiger partial charge in [0.25, 0.3) is 0 Å². The van der Waals surface area contributed by atoms with Crippen LogP contribution in [0.5, 0.6) is 0 Å². The summed E-state index contributed by atoms with van der Waals surface area (Å²) in [7, 11) is 0. The molecule has 106 valence electrons. The first-order valence-electron chi connectivity index (χ1n) is 7.20. The van der Waals surface area contributed by atoms with Crippen LogP contribution in [0.2, 0.25) is 5.02 Å². The number of alkyl halides is 1. The highest BCUT2D eigenvalue weighted by Crippen LogP contribution is 2.22. The smallest absolute Gasteiger partial charge is 0.0576 e. The molecule has 1 fully saturated rings. The molecule has 2 unspecified atom stereocenters. The van der Waals surface area contributed by atoms with Crippen LogP contribution in [-0.4, -0.2) is 18.6 Å². The molecule has 1 aliphatic rings. The molecule has 0 saturated carbocycles. The second kappa shape index (κ2) is 8.14. The Labute approximate surface area is 126 Å². The van der Waals surface area contributed by atoms with Crippen molar-refractivity contribution in [3.63, 3.8) is 0 Å². The molecule has 0 aromatic heterocycles. The van der Waals surface area contributed by atoms with Crippen LogP contribution in [0, 0.1) is 5.92 Å². The van der Waals surface area contributed by atoms with E-state index >= 15 is 0 Å². The van der Waals surface area contributed by atoms with Crippen molar-refractivity contribution >= 4 is 23.2 Å². The van der Waals surface area contributed by atoms with Gasteiger partial charge in [-0.3, -0.25) is 0 Å². The van der Waals surface area contributed by atoms with Crippen LogP contribution in [0.4, 0.5) is 0 Å². The second-order valence-corrected chi connectivity index (χ2v) is 6.16. The van der Waals surface area contributed by atoms with Gasteiger partial charge in [-0.1, -0.05) is 30.2 Å². The minimum atomic E-state index is 0.506. The van der Waals surface area contributed by atoms with E-state index in [1.807, 2.05) is 12.1 Å². The van der Waals surface area contributed by atoms with Gasteiger partial charge in [0.1, 0.15) is 0 Å². The van der Waals surface area contributed by atoms with Gasteiger partial charge in [0, 0.05) is 17.5 Å². The Morgan fingerprint density at radius 3 is 2.68 bits per heavy atom. The molecule has 2 atom stereocenters. The summed E-state index contributed by atoms with van der Waals surface area (Å²) in [5.41, 5.74) is 1.33. The summed E-state index contributed by atoms with van der Waals surface area (Å²) in [4.78, 5) is 0. The molecule has 1 aliphatic heterocycles.